The summed E-state index contributed by atoms with van der Waals surface area (Å²) < 4.78 is 14.0. The molecule has 2 aliphatic rings. The number of fused-ring (bicyclic) bond motifs is 2. The fourth-order valence-electron chi connectivity index (χ4n) is 4.79. The summed E-state index contributed by atoms with van der Waals surface area (Å²) in [5.41, 5.74) is 2.30. The maximum Gasteiger partial charge on any atom is 0.191 e. The van der Waals surface area contributed by atoms with E-state index in [-0.39, 0.29) is 5.82 Å². The van der Waals surface area contributed by atoms with E-state index in [1.807, 2.05) is 0 Å². The van der Waals surface area contributed by atoms with Crippen LogP contribution in [0.1, 0.15) is 42.4 Å². The Morgan fingerprint density at radius 1 is 1.17 bits per heavy atom. The van der Waals surface area contributed by atoms with Crippen LogP contribution in [-0.2, 0) is 13.1 Å². The molecule has 0 spiro atoms. The molecule has 0 aromatic heterocycles. The smallest absolute Gasteiger partial charge is 0.191 e. The highest BCUT2D eigenvalue weighted by Gasteiger charge is 2.40. The van der Waals surface area contributed by atoms with Gasteiger partial charge in [-0.25, -0.2) is 4.39 Å². The average molecular weight is 406 g/mol. The third kappa shape index (κ3) is 4.63. The van der Waals surface area contributed by atoms with Gasteiger partial charge in [0, 0.05) is 43.8 Å². The summed E-state index contributed by atoms with van der Waals surface area (Å²) in [6.45, 7) is 1.31. The van der Waals surface area contributed by atoms with Gasteiger partial charge in [0.1, 0.15) is 5.82 Å². The van der Waals surface area contributed by atoms with Crippen molar-refractivity contribution < 1.29 is 4.39 Å². The molecule has 0 aliphatic carbocycles. The molecular weight excluding hydrogens is 377 g/mol. The highest BCUT2D eigenvalue weighted by molar-refractivity contribution is 5.80. The number of aliphatic imine (C=N–C) groups is 1. The van der Waals surface area contributed by atoms with Crippen molar-refractivity contribution in [1.29, 1.82) is 5.26 Å². The molecule has 156 valence electrons. The van der Waals surface area contributed by atoms with Gasteiger partial charge in [-0.05, 0) is 49.4 Å². The summed E-state index contributed by atoms with van der Waals surface area (Å²) in [7, 11) is 1.73. The lowest BCUT2D eigenvalue weighted by atomic mass is 9.96. The van der Waals surface area contributed by atoms with Gasteiger partial charge < -0.3 is 10.6 Å². The molecule has 2 fully saturated rings. The molecule has 2 unspecified atom stereocenters. The van der Waals surface area contributed by atoms with Crippen LogP contribution in [0.3, 0.4) is 0 Å². The topological polar surface area (TPSA) is 63.5 Å². The van der Waals surface area contributed by atoms with Gasteiger partial charge in [-0.1, -0.05) is 30.3 Å². The van der Waals surface area contributed by atoms with E-state index in [1.54, 1.807) is 13.1 Å². The highest BCUT2D eigenvalue weighted by Crippen LogP contribution is 2.36. The average Bonchev–Trinajstić information content (AvgIpc) is 3.00. The number of halogens is 1. The Bertz CT molecular complexity index is 922. The molecule has 0 amide bonds. The second-order valence-corrected chi connectivity index (χ2v) is 8.20. The minimum Gasteiger partial charge on any atom is -0.354 e. The number of benzene rings is 2. The van der Waals surface area contributed by atoms with Crippen LogP contribution in [0.15, 0.2) is 53.5 Å². The third-order valence-electron chi connectivity index (χ3n) is 6.28. The molecular formula is C24H28FN5. The van der Waals surface area contributed by atoms with Crippen molar-refractivity contribution >= 4 is 5.96 Å². The Labute approximate surface area is 177 Å². The number of nitrogens with zero attached hydrogens (tertiary/aromatic N) is 3. The number of guanidine groups is 1. The second kappa shape index (κ2) is 9.27. The van der Waals surface area contributed by atoms with Gasteiger partial charge in [-0.15, -0.1) is 0 Å². The molecule has 2 N–H and O–H groups in total. The molecule has 0 saturated carbocycles. The van der Waals surface area contributed by atoms with E-state index in [9.17, 15) is 4.39 Å². The summed E-state index contributed by atoms with van der Waals surface area (Å²) in [6, 6.07) is 18.7. The number of rotatable bonds is 5. The van der Waals surface area contributed by atoms with Crippen molar-refractivity contribution in [1.82, 2.24) is 15.5 Å². The number of nitrogens with one attached hydrogen (secondary N) is 2. The Morgan fingerprint density at radius 3 is 2.57 bits per heavy atom. The first kappa shape index (κ1) is 20.4. The molecule has 0 radical (unpaired) electrons. The molecule has 2 bridgehead atoms. The Hall–Kier alpha value is -2.91. The maximum atomic E-state index is 14.0. The van der Waals surface area contributed by atoms with Crippen molar-refractivity contribution in [3.8, 4) is 6.07 Å². The fourth-order valence-corrected chi connectivity index (χ4v) is 4.79. The first-order valence-corrected chi connectivity index (χ1v) is 10.6. The van der Waals surface area contributed by atoms with Crippen molar-refractivity contribution in [2.24, 2.45) is 4.99 Å². The zero-order valence-corrected chi connectivity index (χ0v) is 17.3. The minimum atomic E-state index is -0.316. The van der Waals surface area contributed by atoms with Crippen LogP contribution in [0.5, 0.6) is 0 Å². The predicted octanol–water partition coefficient (Wildman–Crippen LogP) is 3.56. The summed E-state index contributed by atoms with van der Waals surface area (Å²) >= 11 is 0. The molecule has 4 rings (SSSR count). The van der Waals surface area contributed by atoms with Gasteiger partial charge in [0.15, 0.2) is 5.96 Å². The summed E-state index contributed by atoms with van der Waals surface area (Å²) in [5, 5.41) is 15.8. The molecule has 2 heterocycles. The van der Waals surface area contributed by atoms with Gasteiger partial charge in [0.2, 0.25) is 0 Å². The van der Waals surface area contributed by atoms with Crippen LogP contribution >= 0.6 is 0 Å². The van der Waals surface area contributed by atoms with Gasteiger partial charge in [0.25, 0.3) is 0 Å². The largest absolute Gasteiger partial charge is 0.354 e. The molecule has 2 aromatic carbocycles. The van der Waals surface area contributed by atoms with E-state index < -0.39 is 0 Å². The van der Waals surface area contributed by atoms with E-state index in [0.717, 1.165) is 19.4 Å². The summed E-state index contributed by atoms with van der Waals surface area (Å²) in [5.74, 6) is 0.363. The molecule has 2 atom stereocenters. The second-order valence-electron chi connectivity index (χ2n) is 8.20. The third-order valence-corrected chi connectivity index (χ3v) is 6.28. The minimum absolute atomic E-state index is 0.292. The van der Waals surface area contributed by atoms with Gasteiger partial charge in [-0.2, -0.15) is 5.26 Å². The monoisotopic (exact) mass is 405 g/mol. The van der Waals surface area contributed by atoms with E-state index >= 15 is 0 Å². The highest BCUT2D eigenvalue weighted by atomic mass is 19.1. The lowest BCUT2D eigenvalue weighted by Gasteiger charge is -2.39. The van der Waals surface area contributed by atoms with Crippen molar-refractivity contribution in [3.63, 3.8) is 0 Å². The zero-order valence-electron chi connectivity index (χ0n) is 17.3. The van der Waals surface area contributed by atoms with Crippen molar-refractivity contribution in [2.75, 3.05) is 7.05 Å². The van der Waals surface area contributed by atoms with Crippen LogP contribution < -0.4 is 10.6 Å². The maximum absolute atomic E-state index is 14.0. The Kier molecular flexibility index (Phi) is 6.29. The SMILES string of the molecule is CN=C(NCc1cc(C#N)ccc1F)NC1CC2CCC(C1)N2Cc1ccccc1. The van der Waals surface area contributed by atoms with Gasteiger partial charge >= 0.3 is 0 Å². The summed E-state index contributed by atoms with van der Waals surface area (Å²) in [6.07, 6.45) is 4.66. The standard InChI is InChI=1S/C24H28FN5/c1-27-24(28-15-19-11-18(14-26)7-10-23(19)25)29-20-12-21-8-9-22(13-20)30(21)16-17-5-3-2-4-6-17/h2-7,10-11,20-22H,8-9,12-13,15-16H2,1H3,(H2,27,28,29). The lowest BCUT2D eigenvalue weighted by Crippen LogP contribution is -2.52. The van der Waals surface area contributed by atoms with Crippen LogP contribution in [0, 0.1) is 17.1 Å². The van der Waals surface area contributed by atoms with Crippen molar-refractivity contribution in [2.45, 2.75) is 56.9 Å². The van der Waals surface area contributed by atoms with Gasteiger partial charge in [-0.3, -0.25) is 9.89 Å². The van der Waals surface area contributed by atoms with Crippen molar-refractivity contribution in [3.05, 3.63) is 71.0 Å². The summed E-state index contributed by atoms with van der Waals surface area (Å²) in [4.78, 5) is 6.98. The molecule has 2 aliphatic heterocycles. The number of nitriles is 1. The molecule has 2 aromatic rings. The van der Waals surface area contributed by atoms with E-state index in [2.05, 4.69) is 56.9 Å². The van der Waals surface area contributed by atoms with Crippen LogP contribution in [-0.4, -0.2) is 36.0 Å². The molecule has 2 saturated heterocycles. The van der Waals surface area contributed by atoms with Crippen LogP contribution in [0.25, 0.3) is 0 Å². The van der Waals surface area contributed by atoms with Crippen LogP contribution in [0.2, 0.25) is 0 Å². The molecule has 30 heavy (non-hydrogen) atoms. The number of hydrogen-bond acceptors (Lipinski definition) is 3. The normalized spacial score (nSPS) is 23.8. The van der Waals surface area contributed by atoms with E-state index in [4.69, 9.17) is 5.26 Å². The quantitative estimate of drug-likeness (QED) is 0.590. The molecule has 5 nitrogen and oxygen atoms in total. The predicted molar refractivity (Wildman–Crippen MR) is 116 cm³/mol. The number of piperidine rings is 1. The van der Waals surface area contributed by atoms with E-state index in [1.165, 1.54) is 30.5 Å². The molecule has 6 heteroatoms. The Balaban J connectivity index is 1.33. The lowest BCUT2D eigenvalue weighted by molar-refractivity contribution is 0.114. The first-order valence-electron chi connectivity index (χ1n) is 10.6. The number of hydrogen-bond donors (Lipinski definition) is 2. The van der Waals surface area contributed by atoms with Crippen LogP contribution in [0.4, 0.5) is 4.39 Å². The fraction of sp³-hybridized carbons (Fsp3) is 0.417. The zero-order chi connectivity index (χ0) is 20.9. The van der Waals surface area contributed by atoms with E-state index in [0.29, 0.717) is 41.8 Å². The first-order chi connectivity index (χ1) is 14.7. The Morgan fingerprint density at radius 2 is 1.90 bits per heavy atom. The van der Waals surface area contributed by atoms with Gasteiger partial charge in [0.05, 0.1) is 11.6 Å².